The van der Waals surface area contributed by atoms with Gasteiger partial charge in [0, 0.05) is 5.70 Å². The second-order valence-electron chi connectivity index (χ2n) is 3.37. The van der Waals surface area contributed by atoms with Gasteiger partial charge in [-0.1, -0.05) is 0 Å². The van der Waals surface area contributed by atoms with E-state index in [4.69, 9.17) is 5.73 Å². The Bertz CT molecular complexity index is 370. The Morgan fingerprint density at radius 2 is 2.27 bits per heavy atom. The lowest BCUT2D eigenvalue weighted by atomic mass is 10.2. The fourth-order valence-corrected chi connectivity index (χ4v) is 1.40. The number of amides is 2. The van der Waals surface area contributed by atoms with Gasteiger partial charge in [-0.3, -0.25) is 4.79 Å². The molecular formula is C9H11N3O3. The summed E-state index contributed by atoms with van der Waals surface area (Å²) in [6, 6.07) is -0.105. The molecule has 0 spiro atoms. The monoisotopic (exact) mass is 209 g/mol. The third-order valence-corrected chi connectivity index (χ3v) is 2.29. The molecule has 0 aliphatic carbocycles. The Hall–Kier alpha value is -1.98. The Balaban J connectivity index is 2.25. The zero-order valence-corrected chi connectivity index (χ0v) is 8.19. The highest BCUT2D eigenvalue weighted by atomic mass is 16.6. The minimum absolute atomic E-state index is 0.105. The molecule has 2 rings (SSSR count). The predicted molar refractivity (Wildman–Crippen MR) is 51.1 cm³/mol. The Labute approximate surface area is 86.4 Å². The van der Waals surface area contributed by atoms with E-state index in [-0.39, 0.29) is 18.6 Å². The van der Waals surface area contributed by atoms with E-state index in [1.165, 1.54) is 0 Å². The van der Waals surface area contributed by atoms with E-state index < -0.39 is 6.09 Å². The summed E-state index contributed by atoms with van der Waals surface area (Å²) in [5.74, 6) is 0.0315. The van der Waals surface area contributed by atoms with E-state index in [1.54, 1.807) is 12.2 Å². The predicted octanol–water partition coefficient (Wildman–Crippen LogP) is -0.359. The van der Waals surface area contributed by atoms with Gasteiger partial charge in [0.2, 0.25) is 0 Å². The SMILES string of the molecule is CC1NC(N2C(=O)COC2=O)=CC=C1N. The van der Waals surface area contributed by atoms with Gasteiger partial charge in [0.25, 0.3) is 5.91 Å². The molecule has 0 radical (unpaired) electrons. The van der Waals surface area contributed by atoms with Gasteiger partial charge >= 0.3 is 6.09 Å². The summed E-state index contributed by atoms with van der Waals surface area (Å²) < 4.78 is 4.60. The largest absolute Gasteiger partial charge is 0.439 e. The maximum Gasteiger partial charge on any atom is 0.423 e. The van der Waals surface area contributed by atoms with Crippen LogP contribution in [0.4, 0.5) is 4.79 Å². The number of dihydropyridines is 1. The topological polar surface area (TPSA) is 84.7 Å². The van der Waals surface area contributed by atoms with Gasteiger partial charge in [0.05, 0.1) is 6.04 Å². The lowest BCUT2D eigenvalue weighted by molar-refractivity contribution is -0.124. The van der Waals surface area contributed by atoms with Crippen LogP contribution in [0.5, 0.6) is 0 Å². The molecule has 0 aromatic heterocycles. The molecule has 0 aromatic rings. The smallest absolute Gasteiger partial charge is 0.423 e. The van der Waals surface area contributed by atoms with Crippen LogP contribution in [0.1, 0.15) is 6.92 Å². The molecule has 3 N–H and O–H groups in total. The first-order chi connectivity index (χ1) is 7.09. The van der Waals surface area contributed by atoms with Gasteiger partial charge < -0.3 is 15.8 Å². The molecular weight excluding hydrogens is 198 g/mol. The number of hydrogen-bond donors (Lipinski definition) is 2. The van der Waals surface area contributed by atoms with Crippen LogP contribution < -0.4 is 11.1 Å². The molecule has 15 heavy (non-hydrogen) atoms. The van der Waals surface area contributed by atoms with Crippen molar-refractivity contribution in [2.24, 2.45) is 5.73 Å². The molecule has 1 saturated heterocycles. The Kier molecular flexibility index (Phi) is 2.11. The van der Waals surface area contributed by atoms with Crippen LogP contribution in [-0.4, -0.2) is 29.5 Å². The third kappa shape index (κ3) is 1.54. The fraction of sp³-hybridized carbons (Fsp3) is 0.333. The van der Waals surface area contributed by atoms with Gasteiger partial charge in [-0.25, -0.2) is 4.79 Å². The molecule has 6 nitrogen and oxygen atoms in total. The Morgan fingerprint density at radius 3 is 2.80 bits per heavy atom. The average Bonchev–Trinajstić information content (AvgIpc) is 2.52. The normalized spacial score (nSPS) is 25.7. The van der Waals surface area contributed by atoms with Gasteiger partial charge in [-0.05, 0) is 19.1 Å². The van der Waals surface area contributed by atoms with Crippen molar-refractivity contribution in [3.05, 3.63) is 23.7 Å². The molecule has 2 aliphatic rings. The van der Waals surface area contributed by atoms with E-state index in [0.717, 1.165) is 4.90 Å². The zero-order chi connectivity index (χ0) is 11.0. The maximum atomic E-state index is 11.3. The summed E-state index contributed by atoms with van der Waals surface area (Å²) in [5.41, 5.74) is 6.29. The summed E-state index contributed by atoms with van der Waals surface area (Å²) in [6.45, 7) is 1.64. The fourth-order valence-electron chi connectivity index (χ4n) is 1.40. The second-order valence-corrected chi connectivity index (χ2v) is 3.37. The standard InChI is InChI=1S/C9H11N3O3/c1-5-6(10)2-3-7(11-5)12-8(13)4-15-9(12)14/h2-3,5,11H,4,10H2,1H3. The van der Waals surface area contributed by atoms with Crippen molar-refractivity contribution < 1.29 is 14.3 Å². The molecule has 0 saturated carbocycles. The lowest BCUT2D eigenvalue weighted by Gasteiger charge is -2.25. The van der Waals surface area contributed by atoms with Crippen molar-refractivity contribution in [1.29, 1.82) is 0 Å². The number of cyclic esters (lactones) is 1. The first-order valence-electron chi connectivity index (χ1n) is 4.53. The molecule has 6 heteroatoms. The van der Waals surface area contributed by atoms with Crippen LogP contribution in [0.25, 0.3) is 0 Å². The minimum atomic E-state index is -0.653. The van der Waals surface area contributed by atoms with Gasteiger partial charge in [-0.15, -0.1) is 0 Å². The number of allylic oxidation sites excluding steroid dienone is 2. The van der Waals surface area contributed by atoms with Crippen molar-refractivity contribution in [3.63, 3.8) is 0 Å². The number of carbonyl (C=O) groups excluding carboxylic acids is 2. The maximum absolute atomic E-state index is 11.3. The van der Waals surface area contributed by atoms with Gasteiger partial charge in [0.15, 0.2) is 6.61 Å². The molecule has 1 atom stereocenters. The summed E-state index contributed by atoms with van der Waals surface area (Å²) in [5, 5.41) is 2.94. The van der Waals surface area contributed by atoms with Crippen LogP contribution in [0.2, 0.25) is 0 Å². The number of carbonyl (C=O) groups is 2. The lowest BCUT2D eigenvalue weighted by Crippen LogP contribution is -2.42. The first kappa shape index (κ1) is 9.57. The highest BCUT2D eigenvalue weighted by molar-refractivity contribution is 5.99. The highest BCUT2D eigenvalue weighted by Crippen LogP contribution is 2.16. The van der Waals surface area contributed by atoms with Crippen LogP contribution in [-0.2, 0) is 9.53 Å². The molecule has 2 amide bonds. The van der Waals surface area contributed by atoms with Crippen LogP contribution >= 0.6 is 0 Å². The van der Waals surface area contributed by atoms with Crippen molar-refractivity contribution in [1.82, 2.24) is 10.2 Å². The van der Waals surface area contributed by atoms with E-state index in [1.807, 2.05) is 6.92 Å². The molecule has 80 valence electrons. The molecule has 2 aliphatic heterocycles. The van der Waals surface area contributed by atoms with Gasteiger partial charge in [-0.2, -0.15) is 4.90 Å². The number of rotatable bonds is 1. The minimum Gasteiger partial charge on any atom is -0.439 e. The van der Waals surface area contributed by atoms with E-state index in [2.05, 4.69) is 10.1 Å². The van der Waals surface area contributed by atoms with Gasteiger partial charge in [0.1, 0.15) is 5.82 Å². The number of imide groups is 1. The number of nitrogens with one attached hydrogen (secondary N) is 1. The van der Waals surface area contributed by atoms with Crippen molar-refractivity contribution in [2.45, 2.75) is 13.0 Å². The second kappa shape index (κ2) is 3.30. The summed E-state index contributed by atoms with van der Waals surface area (Å²) in [4.78, 5) is 23.5. The van der Waals surface area contributed by atoms with Crippen LogP contribution in [0, 0.1) is 0 Å². The van der Waals surface area contributed by atoms with E-state index in [9.17, 15) is 9.59 Å². The van der Waals surface area contributed by atoms with Crippen LogP contribution in [0.15, 0.2) is 23.7 Å². The van der Waals surface area contributed by atoms with Crippen LogP contribution in [0.3, 0.4) is 0 Å². The zero-order valence-electron chi connectivity index (χ0n) is 8.19. The molecule has 2 heterocycles. The van der Waals surface area contributed by atoms with Crippen molar-refractivity contribution in [2.75, 3.05) is 6.61 Å². The van der Waals surface area contributed by atoms with Crippen molar-refractivity contribution in [3.8, 4) is 0 Å². The van der Waals surface area contributed by atoms with E-state index in [0.29, 0.717) is 11.5 Å². The number of nitrogens with two attached hydrogens (primary N) is 1. The molecule has 0 aromatic carbocycles. The molecule has 1 unspecified atom stereocenters. The highest BCUT2D eigenvalue weighted by Gasteiger charge is 2.35. The molecule has 1 fully saturated rings. The summed E-state index contributed by atoms with van der Waals surface area (Å²) >= 11 is 0. The quantitative estimate of drug-likeness (QED) is 0.616. The van der Waals surface area contributed by atoms with E-state index >= 15 is 0 Å². The van der Waals surface area contributed by atoms with Crippen molar-refractivity contribution >= 4 is 12.0 Å². The number of ether oxygens (including phenoxy) is 1. The first-order valence-corrected chi connectivity index (χ1v) is 4.53. The number of nitrogens with zero attached hydrogens (tertiary/aromatic N) is 1. The summed E-state index contributed by atoms with van der Waals surface area (Å²) in [6.07, 6.45) is 2.59. The summed E-state index contributed by atoms with van der Waals surface area (Å²) in [7, 11) is 0. The third-order valence-electron chi connectivity index (χ3n) is 2.29. The molecule has 0 bridgehead atoms. The Morgan fingerprint density at radius 1 is 1.53 bits per heavy atom. The number of hydrogen-bond acceptors (Lipinski definition) is 5. The average molecular weight is 209 g/mol.